The number of halogens is 2. The molecule has 0 saturated heterocycles. The van der Waals surface area contributed by atoms with Crippen molar-refractivity contribution in [3.8, 4) is 11.5 Å². The topological polar surface area (TPSA) is 81.7 Å². The normalized spacial score (nSPS) is 11.1. The molecule has 0 unspecified atom stereocenters. The molecule has 0 saturated carbocycles. The molecule has 9 heteroatoms. The number of methoxy groups -OCH3 is 2. The summed E-state index contributed by atoms with van der Waals surface area (Å²) in [5.41, 5.74) is 0.0427. The monoisotopic (exact) mass is 493 g/mol. The molecule has 3 aromatic carbocycles. The maximum atomic E-state index is 14.6. The highest BCUT2D eigenvalue weighted by Gasteiger charge is 2.21. The van der Waals surface area contributed by atoms with Gasteiger partial charge < -0.3 is 9.47 Å². The third kappa shape index (κ3) is 4.47. The number of hydrogen-bond acceptors (Lipinski definition) is 5. The molecule has 0 aliphatic carbocycles. The van der Waals surface area contributed by atoms with Crippen molar-refractivity contribution in [2.75, 3.05) is 18.9 Å². The fraction of sp³-hybridized carbons (Fsp3) is 0.0952. The third-order valence-electron chi connectivity index (χ3n) is 4.23. The molecule has 30 heavy (non-hydrogen) atoms. The lowest BCUT2D eigenvalue weighted by atomic mass is 10.0. The predicted octanol–water partition coefficient (Wildman–Crippen LogP) is 4.64. The van der Waals surface area contributed by atoms with Crippen LogP contribution in [0.5, 0.6) is 11.5 Å². The SMILES string of the molecule is COc1ccc(S(=O)(=O)Nc2cc(Br)c(F)c(C(=O)c3ccccc3)c2)cc1OC. The number of nitrogens with one attached hydrogen (secondary N) is 1. The van der Waals surface area contributed by atoms with Gasteiger partial charge in [0.05, 0.1) is 34.8 Å². The number of rotatable bonds is 7. The minimum absolute atomic E-state index is 0.0253. The van der Waals surface area contributed by atoms with Gasteiger partial charge in [-0.15, -0.1) is 0 Å². The molecule has 6 nitrogen and oxygen atoms in total. The van der Waals surface area contributed by atoms with Gasteiger partial charge in [0.1, 0.15) is 5.82 Å². The zero-order valence-corrected chi connectivity index (χ0v) is 18.4. The highest BCUT2D eigenvalue weighted by atomic mass is 79.9. The number of benzene rings is 3. The number of ketones is 1. The minimum atomic E-state index is -4.05. The summed E-state index contributed by atoms with van der Waals surface area (Å²) < 4.78 is 52.8. The zero-order chi connectivity index (χ0) is 21.9. The van der Waals surface area contributed by atoms with Gasteiger partial charge in [0.15, 0.2) is 17.3 Å². The molecule has 0 bridgehead atoms. The summed E-state index contributed by atoms with van der Waals surface area (Å²) in [6, 6.07) is 14.7. The average Bonchev–Trinajstić information content (AvgIpc) is 2.75. The smallest absolute Gasteiger partial charge is 0.262 e. The quantitative estimate of drug-likeness (QED) is 0.485. The summed E-state index contributed by atoms with van der Waals surface area (Å²) in [6.45, 7) is 0. The largest absolute Gasteiger partial charge is 0.493 e. The van der Waals surface area contributed by atoms with Gasteiger partial charge in [0.2, 0.25) is 0 Å². The van der Waals surface area contributed by atoms with Crippen molar-refractivity contribution in [1.29, 1.82) is 0 Å². The fourth-order valence-electron chi connectivity index (χ4n) is 2.76. The van der Waals surface area contributed by atoms with E-state index in [9.17, 15) is 17.6 Å². The van der Waals surface area contributed by atoms with Crippen molar-refractivity contribution in [3.63, 3.8) is 0 Å². The Morgan fingerprint density at radius 1 is 0.967 bits per heavy atom. The van der Waals surface area contributed by atoms with Gasteiger partial charge in [-0.05, 0) is 40.2 Å². The van der Waals surface area contributed by atoms with Crippen LogP contribution < -0.4 is 14.2 Å². The molecule has 3 aromatic rings. The molecular formula is C21H17BrFNO5S. The Balaban J connectivity index is 1.99. The molecule has 0 fully saturated rings. The van der Waals surface area contributed by atoms with Gasteiger partial charge in [-0.25, -0.2) is 12.8 Å². The van der Waals surface area contributed by atoms with E-state index in [0.29, 0.717) is 5.75 Å². The van der Waals surface area contributed by atoms with E-state index in [4.69, 9.17) is 9.47 Å². The molecule has 0 spiro atoms. The van der Waals surface area contributed by atoms with Crippen LogP contribution in [0, 0.1) is 5.82 Å². The molecule has 156 valence electrons. The number of anilines is 1. The lowest BCUT2D eigenvalue weighted by Crippen LogP contribution is -2.14. The standard InChI is InChI=1S/C21H17BrFNO5S/c1-28-18-9-8-15(12-19(18)29-2)30(26,27)24-14-10-16(20(23)17(22)11-14)21(25)13-6-4-3-5-7-13/h3-12,24H,1-2H3. The van der Waals surface area contributed by atoms with Crippen molar-refractivity contribution < 1.29 is 27.1 Å². The van der Waals surface area contributed by atoms with Crippen LogP contribution in [0.4, 0.5) is 10.1 Å². The molecule has 0 aliphatic rings. The number of ether oxygens (including phenoxy) is 2. The second-order valence-electron chi connectivity index (χ2n) is 6.14. The van der Waals surface area contributed by atoms with Crippen molar-refractivity contribution in [2.24, 2.45) is 0 Å². The number of carbonyl (C=O) groups excluding carboxylic acids is 1. The summed E-state index contributed by atoms with van der Waals surface area (Å²) in [5, 5.41) is 0. The van der Waals surface area contributed by atoms with Crippen LogP contribution >= 0.6 is 15.9 Å². The Morgan fingerprint density at radius 3 is 2.27 bits per heavy atom. The second-order valence-corrected chi connectivity index (χ2v) is 8.67. The molecule has 0 radical (unpaired) electrons. The Kier molecular flexibility index (Phi) is 6.42. The first kappa shape index (κ1) is 21.8. The van der Waals surface area contributed by atoms with Crippen LogP contribution in [-0.4, -0.2) is 28.4 Å². The first-order valence-electron chi connectivity index (χ1n) is 8.60. The highest BCUT2D eigenvalue weighted by molar-refractivity contribution is 9.10. The Bertz CT molecular complexity index is 1200. The summed E-state index contributed by atoms with van der Waals surface area (Å²) >= 11 is 3.04. The zero-order valence-electron chi connectivity index (χ0n) is 16.0. The summed E-state index contributed by atoms with van der Waals surface area (Å²) in [6.07, 6.45) is 0. The highest BCUT2D eigenvalue weighted by Crippen LogP contribution is 2.31. The van der Waals surface area contributed by atoms with Crippen LogP contribution in [0.1, 0.15) is 15.9 Å². The predicted molar refractivity (Wildman–Crippen MR) is 114 cm³/mol. The fourth-order valence-corrected chi connectivity index (χ4v) is 4.27. The van der Waals surface area contributed by atoms with Gasteiger partial charge in [0, 0.05) is 11.6 Å². The summed E-state index contributed by atoms with van der Waals surface area (Å²) in [4.78, 5) is 12.6. The lowest BCUT2D eigenvalue weighted by Gasteiger charge is -2.13. The molecule has 0 heterocycles. The summed E-state index contributed by atoms with van der Waals surface area (Å²) in [5.74, 6) is -0.740. The maximum Gasteiger partial charge on any atom is 0.262 e. The molecule has 1 N–H and O–H groups in total. The number of carbonyl (C=O) groups is 1. The van der Waals surface area contributed by atoms with Gasteiger partial charge in [-0.1, -0.05) is 30.3 Å². The minimum Gasteiger partial charge on any atom is -0.493 e. The summed E-state index contributed by atoms with van der Waals surface area (Å²) in [7, 11) is -1.22. The van der Waals surface area contributed by atoms with E-state index >= 15 is 0 Å². The lowest BCUT2D eigenvalue weighted by molar-refractivity contribution is 0.103. The average molecular weight is 494 g/mol. The van der Waals surface area contributed by atoms with Gasteiger partial charge in [0.25, 0.3) is 10.0 Å². The second kappa shape index (κ2) is 8.85. The molecule has 0 aromatic heterocycles. The molecular weight excluding hydrogens is 477 g/mol. The van der Waals surface area contributed by atoms with Crippen molar-refractivity contribution in [2.45, 2.75) is 4.90 Å². The van der Waals surface area contributed by atoms with Crippen molar-refractivity contribution in [3.05, 3.63) is 82.1 Å². The van der Waals surface area contributed by atoms with Crippen LogP contribution in [0.15, 0.2) is 70.0 Å². The Morgan fingerprint density at radius 2 is 1.63 bits per heavy atom. The van der Waals surface area contributed by atoms with E-state index in [1.54, 1.807) is 30.3 Å². The van der Waals surface area contributed by atoms with Crippen LogP contribution in [0.2, 0.25) is 0 Å². The van der Waals surface area contributed by atoms with E-state index in [0.717, 1.165) is 6.07 Å². The first-order valence-corrected chi connectivity index (χ1v) is 10.9. The third-order valence-corrected chi connectivity index (χ3v) is 6.18. The van der Waals surface area contributed by atoms with Gasteiger partial charge in [-0.2, -0.15) is 0 Å². The van der Waals surface area contributed by atoms with Crippen LogP contribution in [0.25, 0.3) is 0 Å². The first-order chi connectivity index (χ1) is 14.3. The van der Waals surface area contributed by atoms with Crippen molar-refractivity contribution >= 4 is 37.4 Å². The maximum absolute atomic E-state index is 14.6. The molecule has 0 amide bonds. The van der Waals surface area contributed by atoms with E-state index in [1.807, 2.05) is 0 Å². The number of hydrogen-bond donors (Lipinski definition) is 1. The van der Waals surface area contributed by atoms with Crippen LogP contribution in [0.3, 0.4) is 0 Å². The van der Waals surface area contributed by atoms with E-state index in [-0.39, 0.29) is 31.9 Å². The number of sulfonamides is 1. The Labute approximate surface area is 181 Å². The van der Waals surface area contributed by atoms with E-state index in [2.05, 4.69) is 20.7 Å². The molecule has 0 atom stereocenters. The van der Waals surface area contributed by atoms with Gasteiger partial charge in [-0.3, -0.25) is 9.52 Å². The Hall–Kier alpha value is -2.91. The van der Waals surface area contributed by atoms with Gasteiger partial charge >= 0.3 is 0 Å². The molecule has 3 rings (SSSR count). The molecule has 0 aliphatic heterocycles. The van der Waals surface area contributed by atoms with Crippen LogP contribution in [-0.2, 0) is 10.0 Å². The van der Waals surface area contributed by atoms with E-state index < -0.39 is 21.6 Å². The van der Waals surface area contributed by atoms with E-state index in [1.165, 1.54) is 38.5 Å². The van der Waals surface area contributed by atoms with Crippen molar-refractivity contribution in [1.82, 2.24) is 0 Å².